The Morgan fingerprint density at radius 1 is 1.17 bits per heavy atom. The minimum Gasteiger partial charge on any atom is -0.352 e. The van der Waals surface area contributed by atoms with Crippen LogP contribution in [0.2, 0.25) is 0 Å². The zero-order valence-corrected chi connectivity index (χ0v) is 17.1. The molecule has 162 valence electrons. The van der Waals surface area contributed by atoms with Crippen LogP contribution in [-0.2, 0) is 12.7 Å². The Morgan fingerprint density at radius 2 is 1.83 bits per heavy atom. The number of carbonyl (C=O) groups is 1. The lowest BCUT2D eigenvalue weighted by Gasteiger charge is -2.48. The number of pyridine rings is 1. The van der Waals surface area contributed by atoms with Crippen LogP contribution in [0.25, 0.3) is 0 Å². The van der Waals surface area contributed by atoms with Crippen molar-refractivity contribution in [2.75, 3.05) is 26.2 Å². The summed E-state index contributed by atoms with van der Waals surface area (Å²) in [6.07, 6.45) is 0.899. The van der Waals surface area contributed by atoms with Crippen LogP contribution in [0.1, 0.15) is 62.0 Å². The Hall–Kier alpha value is -1.83. The highest BCUT2D eigenvalue weighted by Gasteiger charge is 2.44. The van der Waals surface area contributed by atoms with Gasteiger partial charge in [0.2, 0.25) is 0 Å². The van der Waals surface area contributed by atoms with E-state index in [1.165, 1.54) is 25.7 Å². The molecule has 8 heteroatoms. The van der Waals surface area contributed by atoms with Crippen LogP contribution < -0.4 is 10.9 Å². The second-order valence-electron chi connectivity index (χ2n) is 8.94. The van der Waals surface area contributed by atoms with Gasteiger partial charge in [-0.25, -0.2) is 0 Å². The second kappa shape index (κ2) is 8.50. The van der Waals surface area contributed by atoms with Gasteiger partial charge in [-0.05, 0) is 42.7 Å². The maximum absolute atomic E-state index is 13.4. The SMILES string of the molecule is CC(C)CCNC(=O)c1ccc(C(F)(F)F)n(CCN2CC3(CCCC3)C2)c1=O. The normalized spacial score (nSPS) is 19.0. The van der Waals surface area contributed by atoms with Gasteiger partial charge >= 0.3 is 6.18 Å². The van der Waals surface area contributed by atoms with Crippen molar-refractivity contribution >= 4 is 5.91 Å². The number of carbonyl (C=O) groups excluding carboxylic acids is 1. The molecular formula is C21H30F3N3O2. The Balaban J connectivity index is 1.72. The van der Waals surface area contributed by atoms with Gasteiger partial charge in [0.15, 0.2) is 0 Å². The molecule has 5 nitrogen and oxygen atoms in total. The first-order valence-corrected chi connectivity index (χ1v) is 10.4. The average Bonchev–Trinajstić information content (AvgIpc) is 3.08. The number of amides is 1. The molecule has 0 atom stereocenters. The third kappa shape index (κ3) is 5.02. The zero-order valence-electron chi connectivity index (χ0n) is 17.1. The lowest BCUT2D eigenvalue weighted by Crippen LogP contribution is -2.55. The highest BCUT2D eigenvalue weighted by Crippen LogP contribution is 2.45. The van der Waals surface area contributed by atoms with Crippen LogP contribution >= 0.6 is 0 Å². The van der Waals surface area contributed by atoms with Gasteiger partial charge in [0, 0.05) is 32.7 Å². The van der Waals surface area contributed by atoms with E-state index < -0.39 is 23.3 Å². The molecule has 0 unspecified atom stereocenters. The van der Waals surface area contributed by atoms with Crippen molar-refractivity contribution in [3.8, 4) is 0 Å². The number of halogens is 3. The van der Waals surface area contributed by atoms with Crippen molar-refractivity contribution in [3.63, 3.8) is 0 Å². The Morgan fingerprint density at radius 3 is 2.41 bits per heavy atom. The molecule has 2 heterocycles. The number of hydrogen-bond acceptors (Lipinski definition) is 3. The standard InChI is InChI=1S/C21H30F3N3O2/c1-15(2)7-10-25-18(28)16-5-6-17(21(22,23)24)27(19(16)29)12-11-26-13-20(14-26)8-3-4-9-20/h5-6,15H,3-4,7-14H2,1-2H3,(H,25,28). The van der Waals surface area contributed by atoms with E-state index in [0.29, 0.717) is 24.4 Å². The summed E-state index contributed by atoms with van der Waals surface area (Å²) >= 11 is 0. The molecule has 29 heavy (non-hydrogen) atoms. The molecular weight excluding hydrogens is 383 g/mol. The van der Waals surface area contributed by atoms with Crippen molar-refractivity contribution in [1.82, 2.24) is 14.8 Å². The van der Waals surface area contributed by atoms with Crippen LogP contribution in [0.5, 0.6) is 0 Å². The first-order chi connectivity index (χ1) is 13.6. The Bertz CT molecular complexity index is 787. The largest absolute Gasteiger partial charge is 0.431 e. The minimum absolute atomic E-state index is 0.0725. The third-order valence-corrected chi connectivity index (χ3v) is 6.14. The fourth-order valence-electron chi connectivity index (χ4n) is 4.53. The molecule has 1 saturated heterocycles. The van der Waals surface area contributed by atoms with E-state index in [-0.39, 0.29) is 12.1 Å². The minimum atomic E-state index is -4.65. The number of hydrogen-bond donors (Lipinski definition) is 1. The number of likely N-dealkylation sites (tertiary alicyclic amines) is 1. The number of nitrogens with zero attached hydrogens (tertiary/aromatic N) is 2. The summed E-state index contributed by atoms with van der Waals surface area (Å²) in [4.78, 5) is 27.2. The van der Waals surface area contributed by atoms with E-state index in [4.69, 9.17) is 0 Å². The molecule has 0 bridgehead atoms. The van der Waals surface area contributed by atoms with Crippen molar-refractivity contribution in [2.45, 2.75) is 58.7 Å². The lowest BCUT2D eigenvalue weighted by molar-refractivity contribution is -0.144. The average molecular weight is 413 g/mol. The maximum Gasteiger partial charge on any atom is 0.431 e. The van der Waals surface area contributed by atoms with Gasteiger partial charge in [-0.2, -0.15) is 13.2 Å². The lowest BCUT2D eigenvalue weighted by atomic mass is 9.78. The first kappa shape index (κ1) is 21.9. The summed E-state index contributed by atoms with van der Waals surface area (Å²) in [5.41, 5.74) is -1.77. The van der Waals surface area contributed by atoms with Crippen molar-refractivity contribution in [2.24, 2.45) is 11.3 Å². The topological polar surface area (TPSA) is 54.3 Å². The summed E-state index contributed by atoms with van der Waals surface area (Å²) in [5, 5.41) is 2.63. The van der Waals surface area contributed by atoms with Crippen LogP contribution in [0.4, 0.5) is 13.2 Å². The fraction of sp³-hybridized carbons (Fsp3) is 0.714. The summed E-state index contributed by atoms with van der Waals surface area (Å²) in [6, 6.07) is 1.83. The van der Waals surface area contributed by atoms with E-state index in [2.05, 4.69) is 10.2 Å². The summed E-state index contributed by atoms with van der Waals surface area (Å²) in [7, 11) is 0. The predicted molar refractivity (Wildman–Crippen MR) is 105 cm³/mol. The third-order valence-electron chi connectivity index (χ3n) is 6.14. The molecule has 2 fully saturated rings. The molecule has 1 N–H and O–H groups in total. The summed E-state index contributed by atoms with van der Waals surface area (Å²) in [6.45, 7) is 6.47. The Kier molecular flexibility index (Phi) is 6.41. The van der Waals surface area contributed by atoms with Crippen LogP contribution in [0.3, 0.4) is 0 Å². The highest BCUT2D eigenvalue weighted by molar-refractivity contribution is 5.93. The molecule has 1 aliphatic carbocycles. The molecule has 0 radical (unpaired) electrons. The monoisotopic (exact) mass is 413 g/mol. The van der Waals surface area contributed by atoms with Gasteiger partial charge in [-0.1, -0.05) is 26.7 Å². The van der Waals surface area contributed by atoms with Crippen LogP contribution in [0.15, 0.2) is 16.9 Å². The Labute approximate surface area is 169 Å². The van der Waals surface area contributed by atoms with Gasteiger partial charge in [0.05, 0.1) is 0 Å². The maximum atomic E-state index is 13.4. The van der Waals surface area contributed by atoms with E-state index >= 15 is 0 Å². The van der Waals surface area contributed by atoms with Crippen molar-refractivity contribution in [3.05, 3.63) is 33.7 Å². The van der Waals surface area contributed by atoms with E-state index in [1.807, 2.05) is 13.8 Å². The molecule has 1 saturated carbocycles. The molecule has 3 rings (SSSR count). The van der Waals surface area contributed by atoms with E-state index in [9.17, 15) is 22.8 Å². The van der Waals surface area contributed by atoms with E-state index in [0.717, 1.165) is 36.2 Å². The second-order valence-corrected chi connectivity index (χ2v) is 8.94. The number of rotatable bonds is 7. The smallest absolute Gasteiger partial charge is 0.352 e. The quantitative estimate of drug-likeness (QED) is 0.744. The molecule has 0 aromatic carbocycles. The molecule has 2 aliphatic rings. The summed E-state index contributed by atoms with van der Waals surface area (Å²) < 4.78 is 41.0. The molecule has 1 amide bonds. The molecule has 1 aliphatic heterocycles. The van der Waals surface area contributed by atoms with Gasteiger partial charge in [-0.3, -0.25) is 9.59 Å². The van der Waals surface area contributed by atoms with Gasteiger partial charge in [0.25, 0.3) is 11.5 Å². The number of alkyl halides is 3. The van der Waals surface area contributed by atoms with Gasteiger partial charge in [0.1, 0.15) is 11.3 Å². The molecule has 1 spiro atoms. The molecule has 1 aromatic rings. The number of aromatic nitrogens is 1. The fourth-order valence-corrected chi connectivity index (χ4v) is 4.53. The molecule has 1 aromatic heterocycles. The highest BCUT2D eigenvalue weighted by atomic mass is 19.4. The van der Waals surface area contributed by atoms with Crippen molar-refractivity contribution < 1.29 is 18.0 Å². The first-order valence-electron chi connectivity index (χ1n) is 10.4. The van der Waals surface area contributed by atoms with E-state index in [1.54, 1.807) is 0 Å². The van der Waals surface area contributed by atoms with Crippen molar-refractivity contribution in [1.29, 1.82) is 0 Å². The van der Waals surface area contributed by atoms with Gasteiger partial charge in [-0.15, -0.1) is 0 Å². The number of nitrogens with one attached hydrogen (secondary N) is 1. The van der Waals surface area contributed by atoms with Crippen LogP contribution in [-0.4, -0.2) is 41.6 Å². The predicted octanol–water partition coefficient (Wildman–Crippen LogP) is 3.52. The van der Waals surface area contributed by atoms with Crippen LogP contribution in [0, 0.1) is 11.3 Å². The van der Waals surface area contributed by atoms with Gasteiger partial charge < -0.3 is 14.8 Å². The zero-order chi connectivity index (χ0) is 21.2. The summed E-state index contributed by atoms with van der Waals surface area (Å²) in [5.74, 6) is -0.244.